The van der Waals surface area contributed by atoms with Gasteiger partial charge in [0, 0.05) is 52.2 Å². The molecule has 2 N–H and O–H groups in total. The van der Waals surface area contributed by atoms with Gasteiger partial charge in [-0.15, -0.1) is 0 Å². The van der Waals surface area contributed by atoms with Crippen LogP contribution in [0.4, 0.5) is 0 Å². The van der Waals surface area contributed by atoms with E-state index in [2.05, 4.69) is 15.6 Å². The van der Waals surface area contributed by atoms with Crippen molar-refractivity contribution in [1.82, 2.24) is 15.2 Å². The third-order valence-corrected chi connectivity index (χ3v) is 5.72. The zero-order valence-electron chi connectivity index (χ0n) is 17.2. The Labute approximate surface area is 163 Å². The van der Waals surface area contributed by atoms with Crippen molar-refractivity contribution < 1.29 is 4.74 Å². The van der Waals surface area contributed by atoms with Crippen LogP contribution in [0.5, 0.6) is 0 Å². The van der Waals surface area contributed by atoms with Crippen LogP contribution in [-0.4, -0.2) is 44.4 Å². The molecule has 0 bridgehead atoms. The topological polar surface area (TPSA) is 67.7 Å². The second-order valence-electron chi connectivity index (χ2n) is 7.67. The smallest absolute Gasteiger partial charge is 0.250 e. The molecular formula is C21H36N4O2. The van der Waals surface area contributed by atoms with Gasteiger partial charge in [0.05, 0.1) is 0 Å². The maximum atomic E-state index is 11.9. The molecule has 1 fully saturated rings. The minimum atomic E-state index is 0.0818. The largest absolute Gasteiger partial charge is 0.385 e. The fraction of sp³-hybridized carbons (Fsp3) is 0.714. The van der Waals surface area contributed by atoms with Crippen LogP contribution in [0.1, 0.15) is 50.6 Å². The third kappa shape index (κ3) is 6.69. The molecule has 1 heterocycles. The van der Waals surface area contributed by atoms with Crippen LogP contribution >= 0.6 is 0 Å². The van der Waals surface area contributed by atoms with E-state index in [1.165, 1.54) is 25.7 Å². The fourth-order valence-electron chi connectivity index (χ4n) is 3.96. The van der Waals surface area contributed by atoms with Gasteiger partial charge in [-0.3, -0.25) is 9.79 Å². The Morgan fingerprint density at radius 1 is 1.26 bits per heavy atom. The Hall–Kier alpha value is -1.82. The highest BCUT2D eigenvalue weighted by molar-refractivity contribution is 5.79. The first-order valence-corrected chi connectivity index (χ1v) is 10.2. The zero-order valence-corrected chi connectivity index (χ0v) is 17.2. The number of aliphatic imine (C=N–C) groups is 1. The van der Waals surface area contributed by atoms with Crippen molar-refractivity contribution in [3.8, 4) is 0 Å². The van der Waals surface area contributed by atoms with Crippen LogP contribution in [0.2, 0.25) is 0 Å². The van der Waals surface area contributed by atoms with Gasteiger partial charge in [0.2, 0.25) is 0 Å². The van der Waals surface area contributed by atoms with Crippen molar-refractivity contribution in [1.29, 1.82) is 0 Å². The van der Waals surface area contributed by atoms with Gasteiger partial charge < -0.3 is 19.9 Å². The Kier molecular flexibility index (Phi) is 8.85. The van der Waals surface area contributed by atoms with Crippen molar-refractivity contribution in [3.63, 3.8) is 0 Å². The molecule has 1 aromatic rings. The van der Waals surface area contributed by atoms with Gasteiger partial charge in [-0.2, -0.15) is 0 Å². The van der Waals surface area contributed by atoms with Crippen LogP contribution < -0.4 is 16.2 Å². The van der Waals surface area contributed by atoms with E-state index in [1.54, 1.807) is 13.2 Å². The summed E-state index contributed by atoms with van der Waals surface area (Å²) in [5.41, 5.74) is 1.45. The van der Waals surface area contributed by atoms with E-state index in [0.29, 0.717) is 5.41 Å². The van der Waals surface area contributed by atoms with Gasteiger partial charge in [0.25, 0.3) is 5.56 Å². The van der Waals surface area contributed by atoms with E-state index >= 15 is 0 Å². The van der Waals surface area contributed by atoms with Crippen molar-refractivity contribution in [3.05, 3.63) is 34.2 Å². The SMILES string of the molecule is CN=C(NCCCCn1c(C)cccc1=O)NCC1(CCOC)CCCC1. The number of nitrogens with one attached hydrogen (secondary N) is 2. The van der Waals surface area contributed by atoms with Crippen molar-refractivity contribution >= 4 is 5.96 Å². The summed E-state index contributed by atoms with van der Waals surface area (Å²) >= 11 is 0. The number of unbranched alkanes of at least 4 members (excludes halogenated alkanes) is 1. The van der Waals surface area contributed by atoms with Crippen LogP contribution in [0.3, 0.4) is 0 Å². The van der Waals surface area contributed by atoms with Crippen molar-refractivity contribution in [2.24, 2.45) is 10.4 Å². The Balaban J connectivity index is 1.70. The van der Waals surface area contributed by atoms with Gasteiger partial charge >= 0.3 is 0 Å². The third-order valence-electron chi connectivity index (χ3n) is 5.72. The predicted octanol–water partition coefficient (Wildman–Crippen LogP) is 2.70. The highest BCUT2D eigenvalue weighted by atomic mass is 16.5. The molecule has 0 radical (unpaired) electrons. The van der Waals surface area contributed by atoms with Crippen LogP contribution in [0, 0.1) is 12.3 Å². The van der Waals surface area contributed by atoms with E-state index in [1.807, 2.05) is 30.7 Å². The number of aryl methyl sites for hydroxylation is 1. The molecule has 0 aliphatic heterocycles. The second kappa shape index (κ2) is 11.1. The average molecular weight is 377 g/mol. The maximum absolute atomic E-state index is 11.9. The molecule has 1 aromatic heterocycles. The monoisotopic (exact) mass is 376 g/mol. The average Bonchev–Trinajstić information content (AvgIpc) is 3.13. The van der Waals surface area contributed by atoms with Gasteiger partial charge in [-0.1, -0.05) is 18.9 Å². The first-order valence-electron chi connectivity index (χ1n) is 10.2. The normalized spacial score (nSPS) is 16.5. The zero-order chi connectivity index (χ0) is 19.5. The van der Waals surface area contributed by atoms with E-state index in [0.717, 1.165) is 57.2 Å². The fourth-order valence-corrected chi connectivity index (χ4v) is 3.96. The molecule has 1 aliphatic carbocycles. The molecule has 0 saturated heterocycles. The van der Waals surface area contributed by atoms with Crippen LogP contribution in [-0.2, 0) is 11.3 Å². The van der Waals surface area contributed by atoms with Gasteiger partial charge in [-0.25, -0.2) is 0 Å². The molecule has 27 heavy (non-hydrogen) atoms. The molecule has 1 saturated carbocycles. The molecule has 152 valence electrons. The molecule has 0 atom stereocenters. The lowest BCUT2D eigenvalue weighted by atomic mass is 9.83. The number of nitrogens with zero attached hydrogens (tertiary/aromatic N) is 2. The summed E-state index contributed by atoms with van der Waals surface area (Å²) in [6, 6.07) is 5.42. The summed E-state index contributed by atoms with van der Waals surface area (Å²) in [6.45, 7) is 5.37. The minimum Gasteiger partial charge on any atom is -0.385 e. The number of ether oxygens (including phenoxy) is 1. The summed E-state index contributed by atoms with van der Waals surface area (Å²) in [7, 11) is 3.60. The lowest BCUT2D eigenvalue weighted by Crippen LogP contribution is -2.43. The molecule has 6 heteroatoms. The van der Waals surface area contributed by atoms with Crippen LogP contribution in [0.15, 0.2) is 28.0 Å². The van der Waals surface area contributed by atoms with Crippen molar-refractivity contribution in [2.75, 3.05) is 33.9 Å². The standard InChI is InChI=1S/C21H36N4O2/c1-18-9-8-10-19(26)25(18)15-7-6-14-23-20(22-2)24-17-21(13-16-27-3)11-4-5-12-21/h8-10H,4-7,11-17H2,1-3H3,(H2,22,23,24). The number of guanidine groups is 1. The van der Waals surface area contributed by atoms with Gasteiger partial charge in [-0.05, 0) is 50.5 Å². The molecule has 2 rings (SSSR count). The Morgan fingerprint density at radius 3 is 2.70 bits per heavy atom. The number of rotatable bonds is 10. The van der Waals surface area contributed by atoms with Crippen LogP contribution in [0.25, 0.3) is 0 Å². The first kappa shape index (κ1) is 21.5. The lowest BCUT2D eigenvalue weighted by Gasteiger charge is -2.30. The maximum Gasteiger partial charge on any atom is 0.250 e. The molecule has 0 amide bonds. The predicted molar refractivity (Wildman–Crippen MR) is 111 cm³/mol. The Morgan fingerprint density at radius 2 is 2.04 bits per heavy atom. The summed E-state index contributed by atoms with van der Waals surface area (Å²) in [6.07, 6.45) is 8.24. The molecule has 1 aliphatic rings. The number of pyridine rings is 1. The minimum absolute atomic E-state index is 0.0818. The number of methoxy groups -OCH3 is 1. The van der Waals surface area contributed by atoms with E-state index in [9.17, 15) is 4.79 Å². The molecule has 0 spiro atoms. The van der Waals surface area contributed by atoms with E-state index in [-0.39, 0.29) is 5.56 Å². The summed E-state index contributed by atoms with van der Waals surface area (Å²) in [5, 5.41) is 6.92. The van der Waals surface area contributed by atoms with Gasteiger partial charge in [0.1, 0.15) is 0 Å². The summed E-state index contributed by atoms with van der Waals surface area (Å²) in [5.74, 6) is 0.867. The van der Waals surface area contributed by atoms with E-state index in [4.69, 9.17) is 4.74 Å². The summed E-state index contributed by atoms with van der Waals surface area (Å²) in [4.78, 5) is 16.2. The molecular weight excluding hydrogens is 340 g/mol. The second-order valence-corrected chi connectivity index (χ2v) is 7.67. The summed E-state index contributed by atoms with van der Waals surface area (Å²) < 4.78 is 7.15. The number of hydrogen-bond acceptors (Lipinski definition) is 3. The van der Waals surface area contributed by atoms with E-state index < -0.39 is 0 Å². The molecule has 6 nitrogen and oxygen atoms in total. The number of aromatic nitrogens is 1. The highest BCUT2D eigenvalue weighted by Gasteiger charge is 2.33. The lowest BCUT2D eigenvalue weighted by molar-refractivity contribution is 0.138. The Bertz CT molecular complexity index is 648. The first-order chi connectivity index (χ1) is 13.1. The highest BCUT2D eigenvalue weighted by Crippen LogP contribution is 2.40. The quantitative estimate of drug-likeness (QED) is 0.374. The molecule has 0 aromatic carbocycles. The van der Waals surface area contributed by atoms with Gasteiger partial charge in [0.15, 0.2) is 5.96 Å². The molecule has 0 unspecified atom stereocenters. The number of hydrogen-bond donors (Lipinski definition) is 2. The van der Waals surface area contributed by atoms with Crippen molar-refractivity contribution in [2.45, 2.75) is 58.4 Å².